The van der Waals surface area contributed by atoms with Crippen LogP contribution >= 0.6 is 23.2 Å². The molecule has 0 aromatic heterocycles. The van der Waals surface area contributed by atoms with Crippen molar-refractivity contribution in [1.82, 2.24) is 9.62 Å². The Morgan fingerprint density at radius 1 is 1.16 bits per heavy atom. The summed E-state index contributed by atoms with van der Waals surface area (Å²) in [5.41, 5.74) is 1.62. The molecular weight excluding hydrogens is 471 g/mol. The summed E-state index contributed by atoms with van der Waals surface area (Å²) in [5.74, 6) is -0.0934. The van der Waals surface area contributed by atoms with Crippen LogP contribution in [0.1, 0.15) is 30.9 Å². The number of carbonyl (C=O) groups excluding carboxylic acids is 1. The molecule has 3 rings (SSSR count). The van der Waals surface area contributed by atoms with E-state index >= 15 is 0 Å². The van der Waals surface area contributed by atoms with Gasteiger partial charge in [-0.3, -0.25) is 4.79 Å². The molecule has 1 unspecified atom stereocenters. The van der Waals surface area contributed by atoms with Gasteiger partial charge in [0.1, 0.15) is 12.4 Å². The fourth-order valence-electron chi connectivity index (χ4n) is 3.66. The number of benzene rings is 2. The molecule has 32 heavy (non-hydrogen) atoms. The van der Waals surface area contributed by atoms with Crippen LogP contribution in [0, 0.1) is 5.92 Å². The average molecular weight is 499 g/mol. The first-order valence-electron chi connectivity index (χ1n) is 10.7. The third-order valence-electron chi connectivity index (χ3n) is 5.54. The quantitative estimate of drug-likeness (QED) is 0.523. The summed E-state index contributed by atoms with van der Waals surface area (Å²) in [6.07, 6.45) is 2.23. The summed E-state index contributed by atoms with van der Waals surface area (Å²) in [6, 6.07) is 12.8. The van der Waals surface area contributed by atoms with Gasteiger partial charge in [-0.2, -0.15) is 0 Å². The second-order valence-corrected chi connectivity index (χ2v) is 10.6. The monoisotopic (exact) mass is 498 g/mol. The Kier molecular flexibility index (Phi) is 8.82. The van der Waals surface area contributed by atoms with Crippen molar-refractivity contribution in [2.24, 2.45) is 5.92 Å². The normalized spacial score (nSPS) is 17.2. The first-order valence-corrected chi connectivity index (χ1v) is 13.1. The smallest absolute Gasteiger partial charge is 0.224 e. The van der Waals surface area contributed by atoms with Crippen LogP contribution in [-0.4, -0.2) is 44.9 Å². The van der Waals surface area contributed by atoms with Crippen molar-refractivity contribution >= 4 is 39.1 Å². The number of sulfonamides is 1. The molecule has 1 atom stereocenters. The Bertz CT molecular complexity index is 1010. The predicted molar refractivity (Wildman–Crippen MR) is 128 cm³/mol. The van der Waals surface area contributed by atoms with Crippen LogP contribution in [-0.2, 0) is 27.0 Å². The number of hydrogen-bond acceptors (Lipinski definition) is 4. The maximum Gasteiger partial charge on any atom is 0.224 e. The molecule has 174 valence electrons. The van der Waals surface area contributed by atoms with Crippen molar-refractivity contribution in [2.75, 3.05) is 26.2 Å². The molecule has 9 heteroatoms. The number of nitrogens with zero attached hydrogens (tertiary/aromatic N) is 1. The highest BCUT2D eigenvalue weighted by atomic mass is 35.5. The van der Waals surface area contributed by atoms with E-state index in [2.05, 4.69) is 12.2 Å². The standard InChI is InChI=1S/C23H28Cl2N2O4S/c1-2-17-8-10-19(11-9-17)31-14-12-26-23(28)18-5-4-13-27(15-18)32(29,30)16-20-21(24)6-3-7-22(20)25/h3,6-11,18H,2,4-5,12-16H2,1H3,(H,26,28). The van der Waals surface area contributed by atoms with Crippen LogP contribution in [0.4, 0.5) is 0 Å². The molecule has 2 aromatic rings. The summed E-state index contributed by atoms with van der Waals surface area (Å²) in [6.45, 7) is 3.32. The number of carbonyl (C=O) groups is 1. The molecule has 0 aliphatic carbocycles. The lowest BCUT2D eigenvalue weighted by molar-refractivity contribution is -0.126. The highest BCUT2D eigenvalue weighted by molar-refractivity contribution is 7.88. The number of rotatable bonds is 9. The fraction of sp³-hybridized carbons (Fsp3) is 0.435. The van der Waals surface area contributed by atoms with Gasteiger partial charge in [0, 0.05) is 28.7 Å². The van der Waals surface area contributed by atoms with Gasteiger partial charge >= 0.3 is 0 Å². The molecule has 1 saturated heterocycles. The third-order valence-corrected chi connectivity index (χ3v) is 8.02. The van der Waals surface area contributed by atoms with Crippen molar-refractivity contribution in [1.29, 1.82) is 0 Å². The summed E-state index contributed by atoms with van der Waals surface area (Å²) in [4.78, 5) is 12.6. The predicted octanol–water partition coefficient (Wildman–Crippen LogP) is 4.29. The summed E-state index contributed by atoms with van der Waals surface area (Å²) < 4.78 is 32.9. The molecule has 0 spiro atoms. The van der Waals surface area contributed by atoms with E-state index in [9.17, 15) is 13.2 Å². The average Bonchev–Trinajstić information content (AvgIpc) is 2.79. The largest absolute Gasteiger partial charge is 0.492 e. The van der Waals surface area contributed by atoms with Crippen molar-refractivity contribution < 1.29 is 17.9 Å². The fourth-order valence-corrected chi connectivity index (χ4v) is 6.02. The summed E-state index contributed by atoms with van der Waals surface area (Å²) in [5, 5.41) is 3.49. The van der Waals surface area contributed by atoms with Gasteiger partial charge in [-0.25, -0.2) is 12.7 Å². The molecule has 6 nitrogen and oxygen atoms in total. The van der Waals surface area contributed by atoms with Crippen molar-refractivity contribution in [3.8, 4) is 5.75 Å². The Morgan fingerprint density at radius 2 is 1.84 bits per heavy atom. The molecule has 0 bridgehead atoms. The highest BCUT2D eigenvalue weighted by Gasteiger charge is 2.33. The van der Waals surface area contributed by atoms with Crippen molar-refractivity contribution in [3.05, 3.63) is 63.6 Å². The van der Waals surface area contributed by atoms with Crippen molar-refractivity contribution in [2.45, 2.75) is 31.9 Å². The van der Waals surface area contributed by atoms with Gasteiger partial charge in [-0.1, -0.05) is 48.3 Å². The molecule has 1 aliphatic rings. The maximum atomic E-state index is 12.9. The van der Waals surface area contributed by atoms with E-state index in [0.717, 1.165) is 12.2 Å². The van der Waals surface area contributed by atoms with Gasteiger partial charge in [0.2, 0.25) is 15.9 Å². The van der Waals surface area contributed by atoms with E-state index in [0.29, 0.717) is 48.1 Å². The zero-order valence-corrected chi connectivity index (χ0v) is 20.3. The van der Waals surface area contributed by atoms with Gasteiger partial charge < -0.3 is 10.1 Å². The summed E-state index contributed by atoms with van der Waals surface area (Å²) >= 11 is 12.3. The number of halogens is 2. The minimum atomic E-state index is -3.66. The van der Waals surface area contributed by atoms with E-state index in [4.69, 9.17) is 27.9 Å². The minimum Gasteiger partial charge on any atom is -0.492 e. The number of aryl methyl sites for hydroxylation is 1. The first kappa shape index (κ1) is 24.8. The van der Waals surface area contributed by atoms with Crippen LogP contribution in [0.3, 0.4) is 0 Å². The minimum absolute atomic E-state index is 0.148. The number of nitrogens with one attached hydrogen (secondary N) is 1. The van der Waals surface area contributed by atoms with E-state index < -0.39 is 15.9 Å². The van der Waals surface area contributed by atoms with E-state index in [1.54, 1.807) is 18.2 Å². The van der Waals surface area contributed by atoms with Gasteiger partial charge in [0.05, 0.1) is 18.2 Å². The Labute approximate surface area is 199 Å². The molecule has 2 aromatic carbocycles. The Morgan fingerprint density at radius 3 is 2.50 bits per heavy atom. The molecule has 1 heterocycles. The second kappa shape index (κ2) is 11.4. The van der Waals surface area contributed by atoms with Crippen LogP contribution in [0.2, 0.25) is 10.0 Å². The van der Waals surface area contributed by atoms with Crippen molar-refractivity contribution in [3.63, 3.8) is 0 Å². The third kappa shape index (κ3) is 6.61. The highest BCUT2D eigenvalue weighted by Crippen LogP contribution is 2.29. The molecule has 1 aliphatic heterocycles. The Balaban J connectivity index is 1.50. The summed E-state index contributed by atoms with van der Waals surface area (Å²) in [7, 11) is -3.66. The van der Waals surface area contributed by atoms with Crippen LogP contribution in [0.5, 0.6) is 5.75 Å². The molecule has 1 N–H and O–H groups in total. The van der Waals surface area contributed by atoms with E-state index in [1.165, 1.54) is 9.87 Å². The number of amides is 1. The zero-order valence-electron chi connectivity index (χ0n) is 18.0. The lowest BCUT2D eigenvalue weighted by Crippen LogP contribution is -2.46. The Hall–Kier alpha value is -1.80. The van der Waals surface area contributed by atoms with E-state index in [1.807, 2.05) is 24.3 Å². The lowest BCUT2D eigenvalue weighted by atomic mass is 9.99. The molecule has 0 radical (unpaired) electrons. The number of ether oxygens (including phenoxy) is 1. The molecule has 1 fully saturated rings. The van der Waals surface area contributed by atoms with Gasteiger partial charge in [0.25, 0.3) is 0 Å². The van der Waals surface area contributed by atoms with Crippen LogP contribution in [0.15, 0.2) is 42.5 Å². The number of piperidine rings is 1. The van der Waals surface area contributed by atoms with Crippen LogP contribution < -0.4 is 10.1 Å². The SMILES string of the molecule is CCc1ccc(OCCNC(=O)C2CCCN(S(=O)(=O)Cc3c(Cl)cccc3Cl)C2)cc1. The van der Waals surface area contributed by atoms with Gasteiger partial charge in [0.15, 0.2) is 0 Å². The van der Waals surface area contributed by atoms with Gasteiger partial charge in [-0.15, -0.1) is 0 Å². The second-order valence-electron chi connectivity index (χ2n) is 7.79. The van der Waals surface area contributed by atoms with Gasteiger partial charge in [-0.05, 0) is 49.1 Å². The topological polar surface area (TPSA) is 75.7 Å². The molecule has 0 saturated carbocycles. The van der Waals surface area contributed by atoms with Crippen LogP contribution in [0.25, 0.3) is 0 Å². The van der Waals surface area contributed by atoms with E-state index in [-0.39, 0.29) is 18.2 Å². The molecule has 1 amide bonds. The first-order chi connectivity index (χ1) is 15.3. The zero-order chi connectivity index (χ0) is 23.1. The number of hydrogen-bond donors (Lipinski definition) is 1. The lowest BCUT2D eigenvalue weighted by Gasteiger charge is -2.31. The molecular formula is C23H28Cl2N2O4S. The maximum absolute atomic E-state index is 12.9.